The molecule has 104 valence electrons. The lowest BCUT2D eigenvalue weighted by Crippen LogP contribution is -2.30. The van der Waals surface area contributed by atoms with Crippen LogP contribution in [-0.4, -0.2) is 46.2 Å². The molecule has 0 aliphatic carbocycles. The van der Waals surface area contributed by atoms with Crippen molar-refractivity contribution >= 4 is 11.0 Å². The van der Waals surface area contributed by atoms with Crippen molar-refractivity contribution in [2.75, 3.05) is 20.1 Å². The van der Waals surface area contributed by atoms with Crippen LogP contribution in [0, 0.1) is 6.92 Å². The van der Waals surface area contributed by atoms with E-state index in [-0.39, 0.29) is 6.10 Å². The van der Waals surface area contributed by atoms with Crippen LogP contribution in [0.5, 0.6) is 0 Å². The zero-order valence-electron chi connectivity index (χ0n) is 11.6. The van der Waals surface area contributed by atoms with Crippen LogP contribution in [0.2, 0.25) is 0 Å². The zero-order valence-corrected chi connectivity index (χ0v) is 11.6. The van der Waals surface area contributed by atoms with Gasteiger partial charge in [-0.3, -0.25) is 4.90 Å². The maximum atomic E-state index is 9.73. The SMILES string of the molecule is Cc1nc2ccc(CN(C)CC(O)CCN)cc2[nH]1. The van der Waals surface area contributed by atoms with Crippen molar-refractivity contribution < 1.29 is 5.11 Å². The van der Waals surface area contributed by atoms with E-state index in [0.717, 1.165) is 23.4 Å². The van der Waals surface area contributed by atoms with Crippen molar-refractivity contribution in [3.05, 3.63) is 29.6 Å². The Morgan fingerprint density at radius 2 is 2.26 bits per heavy atom. The molecule has 0 radical (unpaired) electrons. The number of likely N-dealkylation sites (N-methyl/N-ethyl adjacent to an activating group) is 1. The van der Waals surface area contributed by atoms with Crippen molar-refractivity contribution in [3.63, 3.8) is 0 Å². The molecule has 0 fully saturated rings. The Labute approximate surface area is 113 Å². The summed E-state index contributed by atoms with van der Waals surface area (Å²) in [6.07, 6.45) is 0.288. The smallest absolute Gasteiger partial charge is 0.104 e. The molecule has 5 nitrogen and oxygen atoms in total. The molecule has 19 heavy (non-hydrogen) atoms. The van der Waals surface area contributed by atoms with Crippen LogP contribution >= 0.6 is 0 Å². The third kappa shape index (κ3) is 3.76. The van der Waals surface area contributed by atoms with E-state index in [4.69, 9.17) is 5.73 Å². The van der Waals surface area contributed by atoms with E-state index in [0.29, 0.717) is 19.5 Å². The molecule has 0 saturated heterocycles. The molecule has 4 N–H and O–H groups in total. The van der Waals surface area contributed by atoms with Crippen molar-refractivity contribution in [3.8, 4) is 0 Å². The van der Waals surface area contributed by atoms with E-state index in [2.05, 4.69) is 27.0 Å². The number of aryl methyl sites for hydroxylation is 1. The molecule has 0 saturated carbocycles. The first-order valence-electron chi connectivity index (χ1n) is 6.60. The first kappa shape index (κ1) is 14.0. The normalized spacial score (nSPS) is 13.3. The molecule has 1 aromatic carbocycles. The Morgan fingerprint density at radius 1 is 1.47 bits per heavy atom. The number of benzene rings is 1. The summed E-state index contributed by atoms with van der Waals surface area (Å²) in [5, 5.41) is 9.73. The highest BCUT2D eigenvalue weighted by atomic mass is 16.3. The molecule has 0 aliphatic rings. The molecule has 0 bridgehead atoms. The van der Waals surface area contributed by atoms with Crippen LogP contribution in [0.4, 0.5) is 0 Å². The number of nitrogens with one attached hydrogen (secondary N) is 1. The molecule has 2 aromatic rings. The number of aliphatic hydroxyl groups is 1. The van der Waals surface area contributed by atoms with Gasteiger partial charge in [0.15, 0.2) is 0 Å². The summed E-state index contributed by atoms with van der Waals surface area (Å²) >= 11 is 0. The van der Waals surface area contributed by atoms with Gasteiger partial charge in [0.25, 0.3) is 0 Å². The van der Waals surface area contributed by atoms with E-state index in [9.17, 15) is 5.11 Å². The third-order valence-electron chi connectivity index (χ3n) is 3.14. The highest BCUT2D eigenvalue weighted by Crippen LogP contribution is 2.14. The maximum absolute atomic E-state index is 9.73. The van der Waals surface area contributed by atoms with E-state index >= 15 is 0 Å². The summed E-state index contributed by atoms with van der Waals surface area (Å²) in [5.41, 5.74) is 8.69. The van der Waals surface area contributed by atoms with E-state index in [1.807, 2.05) is 20.0 Å². The predicted molar refractivity (Wildman–Crippen MR) is 76.8 cm³/mol. The number of nitrogens with two attached hydrogens (primary N) is 1. The highest BCUT2D eigenvalue weighted by Gasteiger charge is 2.08. The van der Waals surface area contributed by atoms with Crippen LogP contribution in [0.25, 0.3) is 11.0 Å². The molecule has 5 heteroatoms. The van der Waals surface area contributed by atoms with Gasteiger partial charge in [-0.05, 0) is 44.6 Å². The largest absolute Gasteiger partial charge is 0.392 e. The predicted octanol–water partition coefficient (Wildman–Crippen LogP) is 1.01. The molecule has 1 atom stereocenters. The van der Waals surface area contributed by atoms with Gasteiger partial charge in [-0.2, -0.15) is 0 Å². The van der Waals surface area contributed by atoms with Crippen LogP contribution in [0.3, 0.4) is 0 Å². The Balaban J connectivity index is 2.00. The second-order valence-electron chi connectivity index (χ2n) is 5.10. The summed E-state index contributed by atoms with van der Waals surface area (Å²) in [6, 6.07) is 6.22. The molecule has 0 aliphatic heterocycles. The highest BCUT2D eigenvalue weighted by molar-refractivity contribution is 5.75. The minimum absolute atomic E-state index is 0.354. The quantitative estimate of drug-likeness (QED) is 0.726. The number of nitrogens with zero attached hydrogens (tertiary/aromatic N) is 2. The number of aromatic nitrogens is 2. The van der Waals surface area contributed by atoms with E-state index < -0.39 is 0 Å². The van der Waals surface area contributed by atoms with Gasteiger partial charge in [0.1, 0.15) is 5.82 Å². The fourth-order valence-electron chi connectivity index (χ4n) is 2.30. The standard InChI is InChI=1S/C14H22N4O/c1-10-16-13-4-3-11(7-14(13)17-10)8-18(2)9-12(19)5-6-15/h3-4,7,12,19H,5-6,8-9,15H2,1-2H3,(H,16,17). The van der Waals surface area contributed by atoms with Gasteiger partial charge in [0.05, 0.1) is 17.1 Å². The number of aliphatic hydroxyl groups excluding tert-OH is 1. The van der Waals surface area contributed by atoms with Crippen LogP contribution in [-0.2, 0) is 6.54 Å². The second kappa shape index (κ2) is 6.14. The molecule has 1 aromatic heterocycles. The van der Waals surface area contributed by atoms with Crippen molar-refractivity contribution in [2.24, 2.45) is 5.73 Å². The first-order chi connectivity index (χ1) is 9.08. The molecule has 0 amide bonds. The van der Waals surface area contributed by atoms with Crippen LogP contribution in [0.15, 0.2) is 18.2 Å². The number of fused-ring (bicyclic) bond motifs is 1. The van der Waals surface area contributed by atoms with E-state index in [1.165, 1.54) is 5.56 Å². The average molecular weight is 262 g/mol. The van der Waals surface area contributed by atoms with Crippen LogP contribution in [0.1, 0.15) is 17.8 Å². The summed E-state index contributed by atoms with van der Waals surface area (Å²) in [7, 11) is 2.00. The van der Waals surface area contributed by atoms with Crippen molar-refractivity contribution in [1.29, 1.82) is 0 Å². The first-order valence-corrected chi connectivity index (χ1v) is 6.60. The van der Waals surface area contributed by atoms with Crippen LogP contribution < -0.4 is 5.73 Å². The molecular weight excluding hydrogens is 240 g/mol. The number of imidazole rings is 1. The summed E-state index contributed by atoms with van der Waals surface area (Å²) in [4.78, 5) is 9.72. The minimum atomic E-state index is -0.354. The fourth-order valence-corrected chi connectivity index (χ4v) is 2.30. The zero-order chi connectivity index (χ0) is 13.8. The van der Waals surface area contributed by atoms with Crippen molar-refractivity contribution in [2.45, 2.75) is 26.0 Å². The molecular formula is C14H22N4O. The molecule has 1 unspecified atom stereocenters. The van der Waals surface area contributed by atoms with Crippen molar-refractivity contribution in [1.82, 2.24) is 14.9 Å². The minimum Gasteiger partial charge on any atom is -0.392 e. The second-order valence-corrected chi connectivity index (χ2v) is 5.10. The van der Waals surface area contributed by atoms with Gasteiger partial charge >= 0.3 is 0 Å². The molecule has 0 spiro atoms. The summed E-state index contributed by atoms with van der Waals surface area (Å²) in [6.45, 7) is 3.91. The topological polar surface area (TPSA) is 78.2 Å². The Bertz CT molecular complexity index is 537. The van der Waals surface area contributed by atoms with Gasteiger partial charge in [-0.15, -0.1) is 0 Å². The number of hydrogen-bond acceptors (Lipinski definition) is 4. The average Bonchev–Trinajstić information content (AvgIpc) is 2.68. The van der Waals surface area contributed by atoms with Gasteiger partial charge in [-0.1, -0.05) is 6.07 Å². The lowest BCUT2D eigenvalue weighted by Gasteiger charge is -2.20. The molecule has 1 heterocycles. The lowest BCUT2D eigenvalue weighted by atomic mass is 10.1. The van der Waals surface area contributed by atoms with Gasteiger partial charge < -0.3 is 15.8 Å². The van der Waals surface area contributed by atoms with Gasteiger partial charge in [0.2, 0.25) is 0 Å². The summed E-state index contributed by atoms with van der Waals surface area (Å²) in [5.74, 6) is 0.930. The number of rotatable bonds is 6. The maximum Gasteiger partial charge on any atom is 0.104 e. The number of H-pyrrole nitrogens is 1. The lowest BCUT2D eigenvalue weighted by molar-refractivity contribution is 0.117. The number of aromatic amines is 1. The Hall–Kier alpha value is -1.43. The Morgan fingerprint density at radius 3 is 3.00 bits per heavy atom. The van der Waals surface area contributed by atoms with E-state index in [1.54, 1.807) is 0 Å². The summed E-state index contributed by atoms with van der Waals surface area (Å²) < 4.78 is 0. The fraction of sp³-hybridized carbons (Fsp3) is 0.500. The Kier molecular flexibility index (Phi) is 4.52. The molecule has 2 rings (SSSR count). The van der Waals surface area contributed by atoms with Gasteiger partial charge in [0, 0.05) is 13.1 Å². The van der Waals surface area contributed by atoms with Gasteiger partial charge in [-0.25, -0.2) is 4.98 Å². The monoisotopic (exact) mass is 262 g/mol. The number of hydrogen-bond donors (Lipinski definition) is 3. The third-order valence-corrected chi connectivity index (χ3v) is 3.14.